The maximum atomic E-state index is 13.6. The normalized spacial score (nSPS) is 20.2. The van der Waals surface area contributed by atoms with E-state index >= 15 is 0 Å². The van der Waals surface area contributed by atoms with Crippen LogP contribution in [0.3, 0.4) is 0 Å². The van der Waals surface area contributed by atoms with Crippen LogP contribution in [0.25, 0.3) is 0 Å². The van der Waals surface area contributed by atoms with Gasteiger partial charge in [0.25, 0.3) is 0 Å². The third kappa shape index (κ3) is 2.07. The molecule has 2 rings (SSSR count). The fraction of sp³-hybridized carbons (Fsp3) is 0.455. The average Bonchev–Trinajstić information content (AvgIpc) is 2.18. The van der Waals surface area contributed by atoms with Crippen LogP contribution in [0.5, 0.6) is 0 Å². The lowest BCUT2D eigenvalue weighted by molar-refractivity contribution is -0.0702. The molecule has 1 aromatic carbocycles. The van der Waals surface area contributed by atoms with Crippen molar-refractivity contribution in [3.63, 3.8) is 0 Å². The zero-order chi connectivity index (χ0) is 10.9. The van der Waals surface area contributed by atoms with E-state index in [0.717, 1.165) is 0 Å². The monoisotopic (exact) mass is 274 g/mol. The Hall–Kier alpha value is -0.450. The van der Waals surface area contributed by atoms with Crippen LogP contribution in [0.1, 0.15) is 18.4 Å². The summed E-state index contributed by atoms with van der Waals surface area (Å²) in [5.74, 6) is -0.367. The van der Waals surface area contributed by atoms with E-state index in [-0.39, 0.29) is 5.82 Å². The molecule has 0 atom stereocenters. The average molecular weight is 275 g/mol. The molecule has 0 aromatic heterocycles. The van der Waals surface area contributed by atoms with Crippen molar-refractivity contribution in [1.29, 1.82) is 0 Å². The maximum Gasteiger partial charge on any atom is 0.130 e. The molecule has 82 valence electrons. The minimum atomic E-state index is -1.09. The summed E-state index contributed by atoms with van der Waals surface area (Å²) in [6.07, 6.45) is 0.874. The van der Waals surface area contributed by atoms with Crippen LogP contribution in [0.15, 0.2) is 22.7 Å². The molecule has 0 unspecified atom stereocenters. The zero-order valence-corrected chi connectivity index (χ0v) is 9.76. The highest BCUT2D eigenvalue weighted by atomic mass is 79.9. The first kappa shape index (κ1) is 11.0. The van der Waals surface area contributed by atoms with E-state index in [2.05, 4.69) is 15.9 Å². The highest BCUT2D eigenvalue weighted by Gasteiger charge is 2.35. The van der Waals surface area contributed by atoms with Gasteiger partial charge in [-0.3, -0.25) is 0 Å². The highest BCUT2D eigenvalue weighted by Crippen LogP contribution is 2.37. The molecule has 0 radical (unpaired) electrons. The third-order valence-electron chi connectivity index (χ3n) is 2.75. The van der Waals surface area contributed by atoms with Crippen molar-refractivity contribution < 1.29 is 14.2 Å². The molecule has 0 amide bonds. The molecular formula is C11H12BrFO2. The molecule has 2 nitrogen and oxygen atoms in total. The van der Waals surface area contributed by atoms with Crippen LogP contribution >= 0.6 is 15.9 Å². The van der Waals surface area contributed by atoms with Gasteiger partial charge in [0.15, 0.2) is 0 Å². The predicted molar refractivity (Wildman–Crippen MR) is 58.0 cm³/mol. The number of ether oxygens (including phenoxy) is 1. The van der Waals surface area contributed by atoms with Gasteiger partial charge >= 0.3 is 0 Å². The van der Waals surface area contributed by atoms with Crippen LogP contribution in [0.2, 0.25) is 0 Å². The molecule has 1 aromatic rings. The van der Waals surface area contributed by atoms with E-state index in [0.29, 0.717) is 36.1 Å². The Labute approximate surface area is 96.2 Å². The lowest BCUT2D eigenvalue weighted by atomic mass is 9.86. The van der Waals surface area contributed by atoms with Crippen molar-refractivity contribution in [2.45, 2.75) is 18.4 Å². The Morgan fingerprint density at radius 3 is 2.60 bits per heavy atom. The molecule has 1 heterocycles. The van der Waals surface area contributed by atoms with Gasteiger partial charge in [0.05, 0.1) is 5.60 Å². The third-order valence-corrected chi connectivity index (χ3v) is 3.41. The fourth-order valence-electron chi connectivity index (χ4n) is 1.90. The topological polar surface area (TPSA) is 29.5 Å². The van der Waals surface area contributed by atoms with E-state index in [1.807, 2.05) is 0 Å². The first-order chi connectivity index (χ1) is 7.13. The van der Waals surface area contributed by atoms with Gasteiger partial charge in [-0.25, -0.2) is 4.39 Å². The fourth-order valence-corrected chi connectivity index (χ4v) is 2.61. The summed E-state index contributed by atoms with van der Waals surface area (Å²) in [6.45, 7) is 0.939. The van der Waals surface area contributed by atoms with Crippen LogP contribution in [-0.4, -0.2) is 18.3 Å². The minimum Gasteiger partial charge on any atom is -0.385 e. The Morgan fingerprint density at radius 2 is 2.00 bits per heavy atom. The largest absolute Gasteiger partial charge is 0.385 e. The summed E-state index contributed by atoms with van der Waals surface area (Å²) >= 11 is 3.28. The molecule has 15 heavy (non-hydrogen) atoms. The number of rotatable bonds is 1. The quantitative estimate of drug-likeness (QED) is 0.853. The summed E-state index contributed by atoms with van der Waals surface area (Å²) in [5.41, 5.74) is -0.740. The molecule has 0 saturated carbocycles. The lowest BCUT2D eigenvalue weighted by Crippen LogP contribution is -2.34. The summed E-state index contributed by atoms with van der Waals surface area (Å²) < 4.78 is 19.4. The second-order valence-electron chi connectivity index (χ2n) is 3.74. The summed E-state index contributed by atoms with van der Waals surface area (Å²) in [4.78, 5) is 0. The molecule has 1 aliphatic heterocycles. The van der Waals surface area contributed by atoms with Gasteiger partial charge < -0.3 is 9.84 Å². The molecule has 0 spiro atoms. The van der Waals surface area contributed by atoms with Gasteiger partial charge in [0, 0.05) is 36.1 Å². The van der Waals surface area contributed by atoms with Crippen LogP contribution in [-0.2, 0) is 10.3 Å². The summed E-state index contributed by atoms with van der Waals surface area (Å²) in [7, 11) is 0. The van der Waals surface area contributed by atoms with Gasteiger partial charge in [0.2, 0.25) is 0 Å². The SMILES string of the molecule is OC1(c2c(F)cccc2Br)CCOCC1. The van der Waals surface area contributed by atoms with Gasteiger partial charge in [-0.1, -0.05) is 22.0 Å². The van der Waals surface area contributed by atoms with E-state index in [9.17, 15) is 9.50 Å². The molecular weight excluding hydrogens is 263 g/mol. The number of hydrogen-bond donors (Lipinski definition) is 1. The van der Waals surface area contributed by atoms with Gasteiger partial charge in [-0.2, -0.15) is 0 Å². The first-order valence-corrected chi connectivity index (χ1v) is 5.67. The van der Waals surface area contributed by atoms with Gasteiger partial charge in [-0.15, -0.1) is 0 Å². The molecule has 0 bridgehead atoms. The molecule has 1 saturated heterocycles. The van der Waals surface area contributed by atoms with Crippen LogP contribution in [0.4, 0.5) is 4.39 Å². The summed E-state index contributed by atoms with van der Waals surface area (Å²) in [5, 5.41) is 10.4. The Kier molecular flexibility index (Phi) is 3.09. The second kappa shape index (κ2) is 4.20. The Balaban J connectivity index is 2.42. The molecule has 1 N–H and O–H groups in total. The number of halogens is 2. The molecule has 4 heteroatoms. The zero-order valence-electron chi connectivity index (χ0n) is 8.17. The Bertz CT molecular complexity index is 341. The van der Waals surface area contributed by atoms with E-state index < -0.39 is 5.60 Å². The van der Waals surface area contributed by atoms with Crippen LogP contribution in [0, 0.1) is 5.82 Å². The van der Waals surface area contributed by atoms with E-state index in [1.165, 1.54) is 6.07 Å². The van der Waals surface area contributed by atoms with Gasteiger partial charge in [-0.05, 0) is 12.1 Å². The molecule has 1 aliphatic rings. The van der Waals surface area contributed by atoms with E-state index in [4.69, 9.17) is 4.74 Å². The lowest BCUT2D eigenvalue weighted by Gasteiger charge is -2.33. The highest BCUT2D eigenvalue weighted by molar-refractivity contribution is 9.10. The maximum absolute atomic E-state index is 13.6. The van der Waals surface area contributed by atoms with Crippen molar-refractivity contribution in [3.8, 4) is 0 Å². The predicted octanol–water partition coefficient (Wildman–Crippen LogP) is 2.59. The first-order valence-electron chi connectivity index (χ1n) is 4.88. The standard InChI is InChI=1S/C11H12BrFO2/c12-8-2-1-3-9(13)10(8)11(14)4-6-15-7-5-11/h1-3,14H,4-7H2. The summed E-state index contributed by atoms with van der Waals surface area (Å²) in [6, 6.07) is 4.73. The van der Waals surface area contributed by atoms with Crippen LogP contribution < -0.4 is 0 Å². The van der Waals surface area contributed by atoms with E-state index in [1.54, 1.807) is 12.1 Å². The van der Waals surface area contributed by atoms with Crippen molar-refractivity contribution in [1.82, 2.24) is 0 Å². The smallest absolute Gasteiger partial charge is 0.130 e. The van der Waals surface area contributed by atoms with Crippen molar-refractivity contribution in [2.75, 3.05) is 13.2 Å². The Morgan fingerprint density at radius 1 is 1.33 bits per heavy atom. The second-order valence-corrected chi connectivity index (χ2v) is 4.59. The number of hydrogen-bond acceptors (Lipinski definition) is 2. The molecule has 0 aliphatic carbocycles. The number of benzene rings is 1. The van der Waals surface area contributed by atoms with Crippen molar-refractivity contribution in [2.24, 2.45) is 0 Å². The van der Waals surface area contributed by atoms with Gasteiger partial charge in [0.1, 0.15) is 5.82 Å². The molecule has 1 fully saturated rings. The van der Waals surface area contributed by atoms with Crippen molar-refractivity contribution >= 4 is 15.9 Å². The number of aliphatic hydroxyl groups is 1. The minimum absolute atomic E-state index is 0.355. The van der Waals surface area contributed by atoms with Crippen molar-refractivity contribution in [3.05, 3.63) is 34.1 Å².